The number of carbonyl (C=O) groups excluding carboxylic acids is 1. The van der Waals surface area contributed by atoms with Crippen LogP contribution in [-0.4, -0.2) is 16.9 Å². The number of ether oxygens (including phenoxy) is 1. The number of halogens is 1. The molecule has 1 unspecified atom stereocenters. The van der Waals surface area contributed by atoms with E-state index in [1.165, 1.54) is 0 Å². The Morgan fingerprint density at radius 2 is 1.84 bits per heavy atom. The topological polar surface area (TPSA) is 26.3 Å². The first kappa shape index (κ1) is 13.7. The molecule has 3 rings (SSSR count). The van der Waals surface area contributed by atoms with Gasteiger partial charge in [0.15, 0.2) is 0 Å². The van der Waals surface area contributed by atoms with Gasteiger partial charge in [-0.25, -0.2) is 0 Å². The van der Waals surface area contributed by atoms with Crippen LogP contribution in [0.3, 0.4) is 0 Å². The lowest BCUT2D eigenvalue weighted by atomic mass is 9.45. The van der Waals surface area contributed by atoms with Crippen LogP contribution in [0.5, 0.6) is 0 Å². The van der Waals surface area contributed by atoms with E-state index in [0.717, 1.165) is 25.7 Å². The van der Waals surface area contributed by atoms with Crippen LogP contribution in [0, 0.1) is 22.7 Å². The number of hydrogen-bond donors (Lipinski definition) is 0. The van der Waals surface area contributed by atoms with E-state index >= 15 is 0 Å². The van der Waals surface area contributed by atoms with E-state index < -0.39 is 0 Å². The molecule has 0 spiro atoms. The highest BCUT2D eigenvalue weighted by molar-refractivity contribution is 6.20. The van der Waals surface area contributed by atoms with E-state index in [0.29, 0.717) is 18.3 Å². The number of carbonyl (C=O) groups is 1. The minimum atomic E-state index is -0.244. The molecule has 108 valence electrons. The molecule has 2 aliphatic carbocycles. The zero-order chi connectivity index (χ0) is 14.1. The first-order chi connectivity index (χ1) is 8.67. The molecule has 0 bridgehead atoms. The molecule has 0 aromatic heterocycles. The summed E-state index contributed by atoms with van der Waals surface area (Å²) in [4.78, 5) is 11.8. The molecule has 1 aliphatic heterocycles. The Labute approximate surface area is 121 Å². The van der Waals surface area contributed by atoms with Crippen molar-refractivity contribution in [3.8, 4) is 0 Å². The lowest BCUT2D eigenvalue weighted by molar-refractivity contribution is -0.164. The molecular formula is C16H25ClO2. The monoisotopic (exact) mass is 284 g/mol. The molecular weight excluding hydrogens is 260 g/mol. The molecule has 0 amide bonds. The standard InChI is InChI=1S/C16H25ClO2/c1-14(2)8-10(17)9-15(3)11(14)5-6-16(4)12(15)7-13(18)19-16/h10-12H,5-9H2,1-4H3/t10-,11-,12?,15-,16+/m0/s1. The Balaban J connectivity index is 2.02. The zero-order valence-corrected chi connectivity index (χ0v) is 13.2. The van der Waals surface area contributed by atoms with Gasteiger partial charge >= 0.3 is 5.97 Å². The van der Waals surface area contributed by atoms with Crippen LogP contribution in [0.15, 0.2) is 0 Å². The zero-order valence-electron chi connectivity index (χ0n) is 12.5. The Morgan fingerprint density at radius 1 is 1.16 bits per heavy atom. The third-order valence-corrected chi connectivity index (χ3v) is 6.64. The molecule has 3 aliphatic rings. The second-order valence-electron chi connectivity index (χ2n) is 8.13. The molecule has 0 aromatic carbocycles. The van der Waals surface area contributed by atoms with Crippen LogP contribution in [0.2, 0.25) is 0 Å². The summed E-state index contributed by atoms with van der Waals surface area (Å²) in [5.74, 6) is 0.985. The van der Waals surface area contributed by atoms with Gasteiger partial charge in [-0.15, -0.1) is 11.6 Å². The van der Waals surface area contributed by atoms with Crippen LogP contribution in [0.1, 0.15) is 59.8 Å². The molecule has 0 N–H and O–H groups in total. The minimum absolute atomic E-state index is 0.0103. The Morgan fingerprint density at radius 3 is 2.53 bits per heavy atom. The molecule has 19 heavy (non-hydrogen) atoms. The quantitative estimate of drug-likeness (QED) is 0.493. The van der Waals surface area contributed by atoms with Crippen LogP contribution in [0.25, 0.3) is 0 Å². The van der Waals surface area contributed by atoms with E-state index in [4.69, 9.17) is 16.3 Å². The van der Waals surface area contributed by atoms with Gasteiger partial charge in [-0.2, -0.15) is 0 Å². The predicted molar refractivity (Wildman–Crippen MR) is 76.1 cm³/mol. The smallest absolute Gasteiger partial charge is 0.306 e. The van der Waals surface area contributed by atoms with Crippen LogP contribution in [-0.2, 0) is 9.53 Å². The maximum absolute atomic E-state index is 11.8. The van der Waals surface area contributed by atoms with Crippen molar-refractivity contribution in [2.24, 2.45) is 22.7 Å². The van der Waals surface area contributed by atoms with Crippen LogP contribution >= 0.6 is 11.6 Å². The maximum atomic E-state index is 11.8. The summed E-state index contributed by atoms with van der Waals surface area (Å²) in [5, 5.41) is 0.231. The van der Waals surface area contributed by atoms with E-state index in [2.05, 4.69) is 27.7 Å². The van der Waals surface area contributed by atoms with Crippen molar-refractivity contribution in [2.75, 3.05) is 0 Å². The Bertz CT molecular complexity index is 419. The summed E-state index contributed by atoms with van der Waals surface area (Å²) in [7, 11) is 0. The van der Waals surface area contributed by atoms with Gasteiger partial charge in [-0.05, 0) is 49.4 Å². The maximum Gasteiger partial charge on any atom is 0.306 e. The van der Waals surface area contributed by atoms with Gasteiger partial charge in [0.25, 0.3) is 0 Å². The van der Waals surface area contributed by atoms with Gasteiger partial charge in [0.05, 0.1) is 6.42 Å². The van der Waals surface area contributed by atoms with Crippen molar-refractivity contribution in [1.82, 2.24) is 0 Å². The summed E-state index contributed by atoms with van der Waals surface area (Å²) in [6.07, 6.45) is 4.88. The first-order valence-electron chi connectivity index (χ1n) is 7.53. The molecule has 2 nitrogen and oxygen atoms in total. The fraction of sp³-hybridized carbons (Fsp3) is 0.938. The summed E-state index contributed by atoms with van der Waals surface area (Å²) < 4.78 is 5.69. The summed E-state index contributed by atoms with van der Waals surface area (Å²) >= 11 is 6.56. The molecule has 3 fully saturated rings. The van der Waals surface area contributed by atoms with Crippen molar-refractivity contribution in [2.45, 2.75) is 70.8 Å². The van der Waals surface area contributed by atoms with E-state index in [9.17, 15) is 4.79 Å². The fourth-order valence-corrected chi connectivity index (χ4v) is 6.48. The largest absolute Gasteiger partial charge is 0.459 e. The highest BCUT2D eigenvalue weighted by Crippen LogP contribution is 2.65. The van der Waals surface area contributed by atoms with Gasteiger partial charge in [0.2, 0.25) is 0 Å². The van der Waals surface area contributed by atoms with Gasteiger partial charge in [0, 0.05) is 11.3 Å². The average Bonchev–Trinajstić information content (AvgIpc) is 2.51. The number of rotatable bonds is 0. The number of esters is 1. The molecule has 0 aromatic rings. The average molecular weight is 285 g/mol. The Hall–Kier alpha value is -0.240. The van der Waals surface area contributed by atoms with Crippen molar-refractivity contribution in [3.05, 3.63) is 0 Å². The van der Waals surface area contributed by atoms with E-state index in [-0.39, 0.29) is 27.8 Å². The van der Waals surface area contributed by atoms with Crippen molar-refractivity contribution in [3.63, 3.8) is 0 Å². The fourth-order valence-electron chi connectivity index (χ4n) is 5.75. The van der Waals surface area contributed by atoms with Gasteiger partial charge in [0.1, 0.15) is 5.60 Å². The second kappa shape index (κ2) is 3.90. The summed E-state index contributed by atoms with van der Waals surface area (Å²) in [6.45, 7) is 9.20. The van der Waals surface area contributed by atoms with Gasteiger partial charge < -0.3 is 4.74 Å². The second-order valence-corrected chi connectivity index (χ2v) is 8.75. The van der Waals surface area contributed by atoms with Crippen molar-refractivity contribution < 1.29 is 9.53 Å². The normalized spacial score (nSPS) is 52.3. The van der Waals surface area contributed by atoms with Crippen LogP contribution in [0.4, 0.5) is 0 Å². The van der Waals surface area contributed by atoms with E-state index in [1.54, 1.807) is 0 Å². The first-order valence-corrected chi connectivity index (χ1v) is 7.97. The molecule has 0 radical (unpaired) electrons. The number of hydrogen-bond acceptors (Lipinski definition) is 2. The molecule has 2 saturated carbocycles. The number of fused-ring (bicyclic) bond motifs is 3. The predicted octanol–water partition coefficient (Wildman–Crippen LogP) is 4.15. The lowest BCUT2D eigenvalue weighted by Gasteiger charge is -2.60. The highest BCUT2D eigenvalue weighted by atomic mass is 35.5. The van der Waals surface area contributed by atoms with Crippen LogP contribution < -0.4 is 0 Å². The molecule has 3 heteroatoms. The molecule has 1 heterocycles. The molecule has 5 atom stereocenters. The third-order valence-electron chi connectivity index (χ3n) is 6.33. The minimum Gasteiger partial charge on any atom is -0.459 e. The SMILES string of the molecule is CC1(C)C[C@H](Cl)C[C@]2(C)C3CC(=O)O[C@]3(C)CC[C@@H]12. The summed E-state index contributed by atoms with van der Waals surface area (Å²) in [5.41, 5.74) is 0.173. The van der Waals surface area contributed by atoms with Gasteiger partial charge in [-0.1, -0.05) is 20.8 Å². The summed E-state index contributed by atoms with van der Waals surface area (Å²) in [6, 6.07) is 0. The van der Waals surface area contributed by atoms with Gasteiger partial charge in [-0.3, -0.25) is 4.79 Å². The Kier molecular flexibility index (Phi) is 2.82. The third kappa shape index (κ3) is 1.86. The highest BCUT2D eigenvalue weighted by Gasteiger charge is 2.63. The number of alkyl halides is 1. The van der Waals surface area contributed by atoms with Crippen molar-refractivity contribution >= 4 is 17.6 Å². The van der Waals surface area contributed by atoms with E-state index in [1.807, 2.05) is 0 Å². The lowest BCUT2D eigenvalue weighted by Crippen LogP contribution is -2.57. The van der Waals surface area contributed by atoms with Crippen molar-refractivity contribution in [1.29, 1.82) is 0 Å². The molecule has 1 saturated heterocycles.